The van der Waals surface area contributed by atoms with Crippen LogP contribution in [0, 0.1) is 5.92 Å². The van der Waals surface area contributed by atoms with Gasteiger partial charge in [0.25, 0.3) is 0 Å². The van der Waals surface area contributed by atoms with Crippen LogP contribution in [0.1, 0.15) is 26.0 Å². The molecule has 1 aromatic rings. The molecule has 0 radical (unpaired) electrons. The van der Waals surface area contributed by atoms with Crippen molar-refractivity contribution in [1.29, 1.82) is 0 Å². The lowest BCUT2D eigenvalue weighted by Gasteiger charge is -2.22. The van der Waals surface area contributed by atoms with Crippen molar-refractivity contribution in [2.75, 3.05) is 20.2 Å². The monoisotopic (exact) mass is 279 g/mol. The maximum Gasteiger partial charge on any atom is 0.307 e. The maximum atomic E-state index is 12.1. The van der Waals surface area contributed by atoms with Gasteiger partial charge in [-0.1, -0.05) is 13.8 Å². The SMILES string of the molecule is COC(=O)CCN(CC(C)C)C(=O)/C=C/c1ccco1. The number of methoxy groups -OCH3 is 1. The van der Waals surface area contributed by atoms with Crippen molar-refractivity contribution in [2.45, 2.75) is 20.3 Å². The van der Waals surface area contributed by atoms with E-state index in [1.54, 1.807) is 29.4 Å². The number of esters is 1. The molecule has 0 atom stereocenters. The standard InChI is InChI=1S/C15H21NO4/c1-12(2)11-16(9-8-15(18)19-3)14(17)7-6-13-5-4-10-20-13/h4-7,10,12H,8-9,11H2,1-3H3/b7-6+. The van der Waals surface area contributed by atoms with Crippen molar-refractivity contribution in [3.63, 3.8) is 0 Å². The molecule has 5 heteroatoms. The van der Waals surface area contributed by atoms with Crippen molar-refractivity contribution in [3.8, 4) is 0 Å². The van der Waals surface area contributed by atoms with Gasteiger partial charge in [-0.3, -0.25) is 9.59 Å². The zero-order valence-electron chi connectivity index (χ0n) is 12.2. The van der Waals surface area contributed by atoms with Gasteiger partial charge in [-0.15, -0.1) is 0 Å². The van der Waals surface area contributed by atoms with Gasteiger partial charge in [0.2, 0.25) is 5.91 Å². The lowest BCUT2D eigenvalue weighted by atomic mass is 10.2. The van der Waals surface area contributed by atoms with Gasteiger partial charge in [0.1, 0.15) is 5.76 Å². The van der Waals surface area contributed by atoms with Crippen LogP contribution in [-0.2, 0) is 14.3 Å². The van der Waals surface area contributed by atoms with Crippen LogP contribution in [0.2, 0.25) is 0 Å². The number of ether oxygens (including phenoxy) is 1. The summed E-state index contributed by atoms with van der Waals surface area (Å²) in [6, 6.07) is 3.53. The van der Waals surface area contributed by atoms with Crippen molar-refractivity contribution < 1.29 is 18.7 Å². The molecule has 1 aromatic heterocycles. The van der Waals surface area contributed by atoms with Gasteiger partial charge in [0.05, 0.1) is 19.8 Å². The lowest BCUT2D eigenvalue weighted by Crippen LogP contribution is -2.34. The minimum atomic E-state index is -0.318. The molecule has 5 nitrogen and oxygen atoms in total. The predicted octanol–water partition coefficient (Wildman–Crippen LogP) is 2.34. The van der Waals surface area contributed by atoms with E-state index in [2.05, 4.69) is 4.74 Å². The Morgan fingerprint density at radius 2 is 2.20 bits per heavy atom. The van der Waals surface area contributed by atoms with Crippen LogP contribution in [0.3, 0.4) is 0 Å². The fourth-order valence-electron chi connectivity index (χ4n) is 1.71. The van der Waals surface area contributed by atoms with E-state index >= 15 is 0 Å². The first-order valence-corrected chi connectivity index (χ1v) is 6.60. The third kappa shape index (κ3) is 5.73. The molecule has 0 saturated carbocycles. The number of hydrogen-bond acceptors (Lipinski definition) is 4. The van der Waals surface area contributed by atoms with E-state index in [1.807, 2.05) is 13.8 Å². The molecule has 0 N–H and O–H groups in total. The van der Waals surface area contributed by atoms with Gasteiger partial charge in [-0.25, -0.2) is 0 Å². The Labute approximate surface area is 119 Å². The normalized spacial score (nSPS) is 11.0. The zero-order chi connectivity index (χ0) is 15.0. The molecule has 0 bridgehead atoms. The molecule has 0 aromatic carbocycles. The molecule has 0 saturated heterocycles. The van der Waals surface area contributed by atoms with Crippen LogP contribution < -0.4 is 0 Å². The summed E-state index contributed by atoms with van der Waals surface area (Å²) in [6.45, 7) is 4.99. The Balaban J connectivity index is 2.61. The molecule has 20 heavy (non-hydrogen) atoms. The Hall–Kier alpha value is -2.04. The molecule has 1 rings (SSSR count). The highest BCUT2D eigenvalue weighted by Gasteiger charge is 2.14. The molecular formula is C15H21NO4. The molecule has 0 aliphatic rings. The maximum absolute atomic E-state index is 12.1. The first kappa shape index (κ1) is 16.0. The Morgan fingerprint density at radius 1 is 1.45 bits per heavy atom. The zero-order valence-corrected chi connectivity index (χ0v) is 12.2. The van der Waals surface area contributed by atoms with Gasteiger partial charge in [0.15, 0.2) is 0 Å². The fraction of sp³-hybridized carbons (Fsp3) is 0.467. The molecule has 1 heterocycles. The topological polar surface area (TPSA) is 59.8 Å². The fourth-order valence-corrected chi connectivity index (χ4v) is 1.71. The van der Waals surface area contributed by atoms with Crippen LogP contribution in [0.4, 0.5) is 0 Å². The van der Waals surface area contributed by atoms with Gasteiger partial charge in [0, 0.05) is 19.2 Å². The van der Waals surface area contributed by atoms with E-state index in [1.165, 1.54) is 13.2 Å². The molecule has 0 aliphatic heterocycles. The Kier molecular flexibility index (Phi) is 6.56. The molecule has 110 valence electrons. The van der Waals surface area contributed by atoms with Crippen molar-refractivity contribution in [1.82, 2.24) is 4.90 Å². The first-order chi connectivity index (χ1) is 9.52. The van der Waals surface area contributed by atoms with Crippen LogP contribution in [0.25, 0.3) is 6.08 Å². The van der Waals surface area contributed by atoms with Crippen LogP contribution in [-0.4, -0.2) is 37.0 Å². The van der Waals surface area contributed by atoms with Crippen molar-refractivity contribution in [3.05, 3.63) is 30.2 Å². The number of furan rings is 1. The summed E-state index contributed by atoms with van der Waals surface area (Å²) in [5.74, 6) is 0.491. The average molecular weight is 279 g/mol. The van der Waals surface area contributed by atoms with Crippen LogP contribution in [0.5, 0.6) is 0 Å². The molecule has 1 amide bonds. The number of hydrogen-bond donors (Lipinski definition) is 0. The largest absolute Gasteiger partial charge is 0.469 e. The van der Waals surface area contributed by atoms with Gasteiger partial charge >= 0.3 is 5.97 Å². The third-order valence-corrected chi connectivity index (χ3v) is 2.64. The molecule has 0 aliphatic carbocycles. The number of carbonyl (C=O) groups is 2. The van der Waals surface area contributed by atoms with Crippen LogP contribution >= 0.6 is 0 Å². The van der Waals surface area contributed by atoms with E-state index in [9.17, 15) is 9.59 Å². The second-order valence-corrected chi connectivity index (χ2v) is 4.85. The second kappa shape index (κ2) is 8.19. The Morgan fingerprint density at radius 3 is 2.75 bits per heavy atom. The van der Waals surface area contributed by atoms with E-state index in [-0.39, 0.29) is 18.3 Å². The summed E-state index contributed by atoms with van der Waals surface area (Å²) < 4.78 is 9.72. The molecular weight excluding hydrogens is 258 g/mol. The summed E-state index contributed by atoms with van der Waals surface area (Å²) >= 11 is 0. The van der Waals surface area contributed by atoms with E-state index < -0.39 is 0 Å². The number of carbonyl (C=O) groups excluding carboxylic acids is 2. The van der Waals surface area contributed by atoms with Gasteiger partial charge in [-0.2, -0.15) is 0 Å². The predicted molar refractivity (Wildman–Crippen MR) is 75.8 cm³/mol. The van der Waals surface area contributed by atoms with E-state index in [4.69, 9.17) is 4.42 Å². The first-order valence-electron chi connectivity index (χ1n) is 6.60. The molecule has 0 fully saturated rings. The van der Waals surface area contributed by atoms with Gasteiger partial charge < -0.3 is 14.1 Å². The summed E-state index contributed by atoms with van der Waals surface area (Å²) in [7, 11) is 1.34. The highest BCUT2D eigenvalue weighted by Crippen LogP contribution is 2.06. The van der Waals surface area contributed by atoms with Gasteiger partial charge in [-0.05, 0) is 24.1 Å². The highest BCUT2D eigenvalue weighted by molar-refractivity contribution is 5.91. The summed E-state index contributed by atoms with van der Waals surface area (Å²) in [5.41, 5.74) is 0. The molecule has 0 unspecified atom stereocenters. The smallest absolute Gasteiger partial charge is 0.307 e. The van der Waals surface area contributed by atoms with Crippen molar-refractivity contribution in [2.24, 2.45) is 5.92 Å². The Bertz CT molecular complexity index is 448. The average Bonchev–Trinajstić information content (AvgIpc) is 2.93. The quantitative estimate of drug-likeness (QED) is 0.568. The summed E-state index contributed by atoms with van der Waals surface area (Å²) in [5, 5.41) is 0. The number of nitrogens with zero attached hydrogens (tertiary/aromatic N) is 1. The second-order valence-electron chi connectivity index (χ2n) is 4.85. The van der Waals surface area contributed by atoms with Crippen molar-refractivity contribution >= 4 is 18.0 Å². The van der Waals surface area contributed by atoms with E-state index in [0.717, 1.165) is 0 Å². The van der Waals surface area contributed by atoms with Crippen LogP contribution in [0.15, 0.2) is 28.9 Å². The minimum Gasteiger partial charge on any atom is -0.469 e. The summed E-state index contributed by atoms with van der Waals surface area (Å²) in [6.07, 6.45) is 4.82. The highest BCUT2D eigenvalue weighted by atomic mass is 16.5. The van der Waals surface area contributed by atoms with E-state index in [0.29, 0.717) is 24.8 Å². The number of amides is 1. The number of rotatable bonds is 7. The minimum absolute atomic E-state index is 0.140. The molecule has 0 spiro atoms. The third-order valence-electron chi connectivity index (χ3n) is 2.64. The lowest BCUT2D eigenvalue weighted by molar-refractivity contribution is -0.141. The summed E-state index contributed by atoms with van der Waals surface area (Å²) in [4.78, 5) is 24.9.